The molecule has 2 aromatic carbocycles. The SMILES string of the molecule is COc1ccc(C2CNC(OC)c3ccccc32)cc1OC. The second kappa shape index (κ2) is 6.38. The average Bonchev–Trinajstić information content (AvgIpc) is 2.60. The Hall–Kier alpha value is -2.04. The molecular formula is C18H21NO3. The molecule has 0 fully saturated rings. The molecule has 0 saturated carbocycles. The van der Waals surface area contributed by atoms with Gasteiger partial charge < -0.3 is 14.2 Å². The number of rotatable bonds is 4. The van der Waals surface area contributed by atoms with Crippen molar-refractivity contribution in [2.75, 3.05) is 27.9 Å². The van der Waals surface area contributed by atoms with Gasteiger partial charge in [0.05, 0.1) is 14.2 Å². The highest BCUT2D eigenvalue weighted by molar-refractivity contribution is 5.48. The summed E-state index contributed by atoms with van der Waals surface area (Å²) in [6, 6.07) is 14.5. The lowest BCUT2D eigenvalue weighted by atomic mass is 9.84. The Balaban J connectivity index is 2.02. The smallest absolute Gasteiger partial charge is 0.161 e. The van der Waals surface area contributed by atoms with Crippen LogP contribution in [0.1, 0.15) is 28.8 Å². The van der Waals surface area contributed by atoms with Gasteiger partial charge in [0, 0.05) is 19.6 Å². The molecule has 1 N–H and O–H groups in total. The van der Waals surface area contributed by atoms with Crippen molar-refractivity contribution in [3.8, 4) is 11.5 Å². The molecule has 0 amide bonds. The van der Waals surface area contributed by atoms with Crippen molar-refractivity contribution in [3.05, 3.63) is 59.2 Å². The number of nitrogens with one attached hydrogen (secondary N) is 1. The number of ether oxygens (including phenoxy) is 3. The topological polar surface area (TPSA) is 39.7 Å². The van der Waals surface area contributed by atoms with Gasteiger partial charge in [-0.2, -0.15) is 0 Å². The lowest BCUT2D eigenvalue weighted by molar-refractivity contribution is 0.0664. The maximum Gasteiger partial charge on any atom is 0.161 e. The van der Waals surface area contributed by atoms with E-state index in [9.17, 15) is 0 Å². The third kappa shape index (κ3) is 2.56. The number of benzene rings is 2. The summed E-state index contributed by atoms with van der Waals surface area (Å²) in [5.41, 5.74) is 3.68. The molecule has 0 aromatic heterocycles. The molecule has 1 aliphatic heterocycles. The lowest BCUT2D eigenvalue weighted by Crippen LogP contribution is -2.34. The molecule has 2 atom stereocenters. The van der Waals surface area contributed by atoms with Gasteiger partial charge in [-0.1, -0.05) is 30.3 Å². The van der Waals surface area contributed by atoms with Crippen LogP contribution < -0.4 is 14.8 Å². The average molecular weight is 299 g/mol. The molecule has 1 heterocycles. The van der Waals surface area contributed by atoms with E-state index in [-0.39, 0.29) is 12.1 Å². The predicted octanol–water partition coefficient (Wildman–Crippen LogP) is 3.08. The Labute approximate surface area is 131 Å². The standard InChI is InChI=1S/C18H21NO3/c1-20-16-9-8-12(10-17(16)21-2)15-11-19-18(22-3)14-7-5-4-6-13(14)15/h4-10,15,18-19H,11H2,1-3H3. The molecule has 2 aromatic rings. The molecule has 3 rings (SSSR count). The zero-order valence-corrected chi connectivity index (χ0v) is 13.1. The van der Waals surface area contributed by atoms with Gasteiger partial charge in [0.2, 0.25) is 0 Å². The Bertz CT molecular complexity index is 657. The third-order valence-electron chi connectivity index (χ3n) is 4.21. The highest BCUT2D eigenvalue weighted by Gasteiger charge is 2.27. The van der Waals surface area contributed by atoms with Gasteiger partial charge in [-0.05, 0) is 28.8 Å². The van der Waals surface area contributed by atoms with Crippen molar-refractivity contribution >= 4 is 0 Å². The maximum atomic E-state index is 5.53. The third-order valence-corrected chi connectivity index (χ3v) is 4.21. The fourth-order valence-electron chi connectivity index (χ4n) is 3.09. The molecule has 0 aliphatic carbocycles. The van der Waals surface area contributed by atoms with Gasteiger partial charge in [0.15, 0.2) is 11.5 Å². The zero-order valence-electron chi connectivity index (χ0n) is 13.1. The maximum absolute atomic E-state index is 5.53. The summed E-state index contributed by atoms with van der Waals surface area (Å²) >= 11 is 0. The van der Waals surface area contributed by atoms with Crippen LogP contribution in [0.3, 0.4) is 0 Å². The fraction of sp³-hybridized carbons (Fsp3) is 0.333. The van der Waals surface area contributed by atoms with Crippen LogP contribution in [0.25, 0.3) is 0 Å². The molecule has 0 spiro atoms. The minimum absolute atomic E-state index is 0.0485. The summed E-state index contributed by atoms with van der Waals surface area (Å²) in [6.07, 6.45) is -0.0485. The van der Waals surface area contributed by atoms with Crippen LogP contribution in [0, 0.1) is 0 Å². The number of fused-ring (bicyclic) bond motifs is 1. The number of methoxy groups -OCH3 is 3. The summed E-state index contributed by atoms with van der Waals surface area (Å²) in [6.45, 7) is 0.824. The van der Waals surface area contributed by atoms with Crippen molar-refractivity contribution in [3.63, 3.8) is 0 Å². The quantitative estimate of drug-likeness (QED) is 0.942. The molecule has 0 bridgehead atoms. The first-order chi connectivity index (χ1) is 10.8. The molecular weight excluding hydrogens is 278 g/mol. The second-order valence-corrected chi connectivity index (χ2v) is 5.32. The summed E-state index contributed by atoms with van der Waals surface area (Å²) in [5, 5.41) is 3.45. The molecule has 22 heavy (non-hydrogen) atoms. The van der Waals surface area contributed by atoms with Gasteiger partial charge in [0.1, 0.15) is 6.23 Å². The highest BCUT2D eigenvalue weighted by Crippen LogP contribution is 2.37. The Morgan fingerprint density at radius 2 is 1.64 bits per heavy atom. The normalized spacial score (nSPS) is 20.3. The van der Waals surface area contributed by atoms with Crippen molar-refractivity contribution in [1.82, 2.24) is 5.32 Å². The van der Waals surface area contributed by atoms with Crippen LogP contribution in [0.5, 0.6) is 11.5 Å². The monoisotopic (exact) mass is 299 g/mol. The minimum atomic E-state index is -0.0485. The van der Waals surface area contributed by atoms with Gasteiger partial charge in [-0.25, -0.2) is 0 Å². The molecule has 1 aliphatic rings. The van der Waals surface area contributed by atoms with Crippen molar-refractivity contribution in [2.45, 2.75) is 12.1 Å². The summed E-state index contributed by atoms with van der Waals surface area (Å²) in [4.78, 5) is 0. The Morgan fingerprint density at radius 1 is 0.909 bits per heavy atom. The van der Waals surface area contributed by atoms with Crippen LogP contribution in [0.2, 0.25) is 0 Å². The Kier molecular flexibility index (Phi) is 4.32. The van der Waals surface area contributed by atoms with Crippen LogP contribution in [0.4, 0.5) is 0 Å². The van der Waals surface area contributed by atoms with Gasteiger partial charge >= 0.3 is 0 Å². The highest BCUT2D eigenvalue weighted by atomic mass is 16.5. The molecule has 0 saturated heterocycles. The summed E-state index contributed by atoms with van der Waals surface area (Å²) in [5.74, 6) is 1.77. The molecule has 116 valence electrons. The van der Waals surface area contributed by atoms with Crippen molar-refractivity contribution in [2.24, 2.45) is 0 Å². The lowest BCUT2D eigenvalue weighted by Gasteiger charge is -2.32. The molecule has 2 unspecified atom stereocenters. The van der Waals surface area contributed by atoms with E-state index < -0.39 is 0 Å². The number of hydrogen-bond donors (Lipinski definition) is 1. The first-order valence-electron chi connectivity index (χ1n) is 7.35. The first-order valence-corrected chi connectivity index (χ1v) is 7.35. The van der Waals surface area contributed by atoms with Crippen LogP contribution in [0.15, 0.2) is 42.5 Å². The van der Waals surface area contributed by atoms with E-state index in [1.807, 2.05) is 12.1 Å². The van der Waals surface area contributed by atoms with Gasteiger partial charge in [-0.3, -0.25) is 5.32 Å². The Morgan fingerprint density at radius 3 is 2.32 bits per heavy atom. The zero-order chi connectivity index (χ0) is 15.5. The van der Waals surface area contributed by atoms with Crippen molar-refractivity contribution < 1.29 is 14.2 Å². The van der Waals surface area contributed by atoms with E-state index in [2.05, 4.69) is 35.6 Å². The molecule has 4 heteroatoms. The second-order valence-electron chi connectivity index (χ2n) is 5.32. The summed E-state index contributed by atoms with van der Waals surface area (Å²) in [7, 11) is 5.04. The predicted molar refractivity (Wildman–Crippen MR) is 85.6 cm³/mol. The van der Waals surface area contributed by atoms with E-state index in [1.54, 1.807) is 21.3 Å². The number of hydrogen-bond acceptors (Lipinski definition) is 4. The molecule has 4 nitrogen and oxygen atoms in total. The van der Waals surface area contributed by atoms with E-state index >= 15 is 0 Å². The molecule has 0 radical (unpaired) electrons. The fourth-order valence-corrected chi connectivity index (χ4v) is 3.09. The largest absolute Gasteiger partial charge is 0.493 e. The summed E-state index contributed by atoms with van der Waals surface area (Å²) < 4.78 is 16.3. The van der Waals surface area contributed by atoms with E-state index in [4.69, 9.17) is 14.2 Å². The first kappa shape index (κ1) is 14.9. The van der Waals surface area contributed by atoms with Crippen LogP contribution >= 0.6 is 0 Å². The van der Waals surface area contributed by atoms with Crippen molar-refractivity contribution in [1.29, 1.82) is 0 Å². The van der Waals surface area contributed by atoms with Crippen LogP contribution in [-0.2, 0) is 4.74 Å². The minimum Gasteiger partial charge on any atom is -0.493 e. The van der Waals surface area contributed by atoms with Gasteiger partial charge in [0.25, 0.3) is 0 Å². The van der Waals surface area contributed by atoms with Gasteiger partial charge in [-0.15, -0.1) is 0 Å². The van der Waals surface area contributed by atoms with E-state index in [0.29, 0.717) is 0 Å². The van der Waals surface area contributed by atoms with Crippen LogP contribution in [-0.4, -0.2) is 27.9 Å². The van der Waals surface area contributed by atoms with E-state index in [0.717, 1.165) is 18.0 Å². The van der Waals surface area contributed by atoms with E-state index in [1.165, 1.54) is 16.7 Å².